The highest BCUT2D eigenvalue weighted by Gasteiger charge is 2.31. The molecule has 3 heterocycles. The number of nitrogens with zero attached hydrogens (tertiary/aromatic N) is 3. The number of benzene rings is 1. The van der Waals surface area contributed by atoms with Gasteiger partial charge in [0.2, 0.25) is 0 Å². The fraction of sp³-hybridized carbons (Fsp3) is 0.348. The van der Waals surface area contributed by atoms with E-state index in [0.717, 1.165) is 18.5 Å². The van der Waals surface area contributed by atoms with E-state index in [0.29, 0.717) is 47.0 Å². The molecule has 1 aliphatic rings. The predicted molar refractivity (Wildman–Crippen MR) is 115 cm³/mol. The summed E-state index contributed by atoms with van der Waals surface area (Å²) in [6, 6.07) is 9.03. The van der Waals surface area contributed by atoms with Crippen LogP contribution in [0.15, 0.2) is 42.6 Å². The van der Waals surface area contributed by atoms with Crippen molar-refractivity contribution in [3.05, 3.63) is 53.9 Å². The van der Waals surface area contributed by atoms with E-state index in [4.69, 9.17) is 0 Å². The van der Waals surface area contributed by atoms with E-state index >= 15 is 0 Å². The lowest BCUT2D eigenvalue weighted by Crippen LogP contribution is -2.39. The number of aromatic nitrogens is 2. The van der Waals surface area contributed by atoms with Crippen LogP contribution in [0.25, 0.3) is 11.0 Å². The van der Waals surface area contributed by atoms with E-state index < -0.39 is 6.36 Å². The Morgan fingerprint density at radius 3 is 2.62 bits per heavy atom. The lowest BCUT2D eigenvalue weighted by Gasteiger charge is -2.31. The average molecular weight is 444 g/mol. The first-order valence-electron chi connectivity index (χ1n) is 10.4. The Labute approximate surface area is 183 Å². The SMILES string of the molecule is Cc1ccc2c(Nc3ccc(OC(F)(F)F)cc3)c(C(=O)N3CCC[C@@H](C)C3)cnc2n1. The lowest BCUT2D eigenvalue weighted by molar-refractivity contribution is -0.274. The fourth-order valence-corrected chi connectivity index (χ4v) is 3.90. The second-order valence-electron chi connectivity index (χ2n) is 8.07. The van der Waals surface area contributed by atoms with Crippen molar-refractivity contribution in [2.45, 2.75) is 33.1 Å². The Hall–Kier alpha value is -3.36. The summed E-state index contributed by atoms with van der Waals surface area (Å²) in [5.74, 6) is -0.0346. The number of hydrogen-bond acceptors (Lipinski definition) is 5. The predicted octanol–water partition coefficient (Wildman–Crippen LogP) is 5.45. The summed E-state index contributed by atoms with van der Waals surface area (Å²) in [5, 5.41) is 3.85. The molecule has 0 aliphatic carbocycles. The second kappa shape index (κ2) is 8.64. The highest BCUT2D eigenvalue weighted by atomic mass is 19.4. The van der Waals surface area contributed by atoms with Crippen molar-refractivity contribution in [3.8, 4) is 5.75 Å². The smallest absolute Gasteiger partial charge is 0.406 e. The molecular weight excluding hydrogens is 421 g/mol. The highest BCUT2D eigenvalue weighted by molar-refractivity contribution is 6.07. The zero-order chi connectivity index (χ0) is 22.9. The van der Waals surface area contributed by atoms with Gasteiger partial charge in [-0.05, 0) is 62.1 Å². The molecule has 1 aliphatic heterocycles. The summed E-state index contributed by atoms with van der Waals surface area (Å²) in [7, 11) is 0. The summed E-state index contributed by atoms with van der Waals surface area (Å²) < 4.78 is 41.3. The van der Waals surface area contributed by atoms with E-state index in [1.54, 1.807) is 0 Å². The summed E-state index contributed by atoms with van der Waals surface area (Å²) >= 11 is 0. The summed E-state index contributed by atoms with van der Waals surface area (Å²) in [6.07, 6.45) is -1.22. The van der Waals surface area contributed by atoms with Crippen LogP contribution in [0.3, 0.4) is 0 Å². The van der Waals surface area contributed by atoms with Crippen LogP contribution in [-0.4, -0.2) is 40.2 Å². The molecule has 32 heavy (non-hydrogen) atoms. The van der Waals surface area contributed by atoms with Gasteiger partial charge in [0.15, 0.2) is 5.65 Å². The van der Waals surface area contributed by atoms with Crippen molar-refractivity contribution < 1.29 is 22.7 Å². The standard InChI is InChI=1S/C23H23F3N4O2/c1-14-4-3-11-30(13-14)22(31)19-12-27-21-18(10-5-15(2)28-21)20(19)29-16-6-8-17(9-7-16)32-23(24,25)26/h5-10,12,14H,3-4,11,13H2,1-2H3,(H,27,28,29)/t14-/m1/s1. The van der Waals surface area contributed by atoms with Gasteiger partial charge in [0.25, 0.3) is 5.91 Å². The summed E-state index contributed by atoms with van der Waals surface area (Å²) in [5.41, 5.74) is 2.69. The van der Waals surface area contributed by atoms with Gasteiger partial charge in [-0.3, -0.25) is 4.79 Å². The number of carbonyl (C=O) groups excluding carboxylic acids is 1. The van der Waals surface area contributed by atoms with E-state index in [2.05, 4.69) is 26.9 Å². The number of carbonyl (C=O) groups is 1. The van der Waals surface area contributed by atoms with Gasteiger partial charge in [0.05, 0.1) is 11.3 Å². The van der Waals surface area contributed by atoms with Crippen molar-refractivity contribution in [2.24, 2.45) is 5.92 Å². The van der Waals surface area contributed by atoms with Crippen molar-refractivity contribution in [1.29, 1.82) is 0 Å². The third-order valence-corrected chi connectivity index (χ3v) is 5.40. The number of aryl methyl sites for hydroxylation is 1. The van der Waals surface area contributed by atoms with Crippen molar-refractivity contribution in [2.75, 3.05) is 18.4 Å². The van der Waals surface area contributed by atoms with Gasteiger partial charge in [0, 0.05) is 36.1 Å². The zero-order valence-electron chi connectivity index (χ0n) is 17.7. The number of halogens is 3. The Bertz CT molecular complexity index is 1130. The number of alkyl halides is 3. The van der Waals surface area contributed by atoms with Crippen molar-refractivity contribution in [3.63, 3.8) is 0 Å². The van der Waals surface area contributed by atoms with E-state index in [-0.39, 0.29) is 11.7 Å². The lowest BCUT2D eigenvalue weighted by atomic mass is 9.99. The van der Waals surface area contributed by atoms with Gasteiger partial charge in [-0.15, -0.1) is 13.2 Å². The van der Waals surface area contributed by atoms with Crippen molar-refractivity contribution in [1.82, 2.24) is 14.9 Å². The van der Waals surface area contributed by atoms with E-state index in [1.807, 2.05) is 24.0 Å². The van der Waals surface area contributed by atoms with E-state index in [9.17, 15) is 18.0 Å². The monoisotopic (exact) mass is 444 g/mol. The number of piperidine rings is 1. The fourth-order valence-electron chi connectivity index (χ4n) is 3.90. The molecular formula is C23H23F3N4O2. The van der Waals surface area contributed by atoms with Gasteiger partial charge >= 0.3 is 6.36 Å². The van der Waals surface area contributed by atoms with E-state index in [1.165, 1.54) is 30.5 Å². The van der Waals surface area contributed by atoms with Gasteiger partial charge in [0.1, 0.15) is 5.75 Å². The van der Waals surface area contributed by atoms with Crippen LogP contribution in [0.1, 0.15) is 35.8 Å². The molecule has 1 aromatic carbocycles. The molecule has 1 N–H and O–H groups in total. The van der Waals surface area contributed by atoms with Gasteiger partial charge in [-0.2, -0.15) is 0 Å². The molecule has 3 aromatic rings. The maximum absolute atomic E-state index is 13.4. The molecule has 9 heteroatoms. The Morgan fingerprint density at radius 1 is 1.19 bits per heavy atom. The number of nitrogens with one attached hydrogen (secondary N) is 1. The number of anilines is 2. The number of fused-ring (bicyclic) bond motifs is 1. The van der Waals surface area contributed by atoms with Crippen LogP contribution in [0.5, 0.6) is 5.75 Å². The number of ether oxygens (including phenoxy) is 1. The number of amides is 1. The van der Waals surface area contributed by atoms with Crippen LogP contribution in [0, 0.1) is 12.8 Å². The molecule has 0 bridgehead atoms. The van der Waals surface area contributed by atoms with Gasteiger partial charge in [-0.1, -0.05) is 6.92 Å². The molecule has 4 rings (SSSR count). The Balaban J connectivity index is 1.71. The molecule has 1 fully saturated rings. The largest absolute Gasteiger partial charge is 0.573 e. The second-order valence-corrected chi connectivity index (χ2v) is 8.07. The number of likely N-dealkylation sites (tertiary alicyclic amines) is 1. The third-order valence-electron chi connectivity index (χ3n) is 5.40. The maximum Gasteiger partial charge on any atom is 0.573 e. The van der Waals surface area contributed by atoms with Crippen molar-refractivity contribution >= 4 is 28.3 Å². The minimum absolute atomic E-state index is 0.133. The van der Waals surface area contributed by atoms with Crippen LogP contribution in [0.2, 0.25) is 0 Å². The molecule has 1 amide bonds. The molecule has 2 aromatic heterocycles. The summed E-state index contributed by atoms with van der Waals surface area (Å²) in [6.45, 7) is 5.32. The molecule has 0 saturated carbocycles. The van der Waals surface area contributed by atoms with Crippen LogP contribution in [-0.2, 0) is 0 Å². The molecule has 0 unspecified atom stereocenters. The summed E-state index contributed by atoms with van der Waals surface area (Å²) in [4.78, 5) is 24.0. The zero-order valence-corrected chi connectivity index (χ0v) is 17.7. The van der Waals surface area contributed by atoms with Gasteiger partial charge < -0.3 is 15.0 Å². The Kier molecular flexibility index (Phi) is 5.90. The quantitative estimate of drug-likeness (QED) is 0.579. The first kappa shape index (κ1) is 21.9. The molecule has 168 valence electrons. The van der Waals surface area contributed by atoms with Crippen LogP contribution >= 0.6 is 0 Å². The minimum atomic E-state index is -4.76. The molecule has 6 nitrogen and oxygen atoms in total. The number of pyridine rings is 2. The first-order chi connectivity index (χ1) is 15.2. The normalized spacial score (nSPS) is 16.8. The number of hydrogen-bond donors (Lipinski definition) is 1. The van der Waals surface area contributed by atoms with Gasteiger partial charge in [-0.25, -0.2) is 9.97 Å². The van der Waals surface area contributed by atoms with Crippen LogP contribution < -0.4 is 10.1 Å². The maximum atomic E-state index is 13.4. The molecule has 1 saturated heterocycles. The molecule has 1 atom stereocenters. The highest BCUT2D eigenvalue weighted by Crippen LogP contribution is 2.32. The topological polar surface area (TPSA) is 67.3 Å². The Morgan fingerprint density at radius 2 is 1.94 bits per heavy atom. The average Bonchev–Trinajstić information content (AvgIpc) is 2.73. The number of rotatable bonds is 4. The molecule has 0 radical (unpaired) electrons. The minimum Gasteiger partial charge on any atom is -0.406 e. The third kappa shape index (κ3) is 4.92. The first-order valence-corrected chi connectivity index (χ1v) is 10.4. The molecule has 0 spiro atoms. The van der Waals surface area contributed by atoms with Crippen LogP contribution in [0.4, 0.5) is 24.5 Å².